The van der Waals surface area contributed by atoms with Crippen LogP contribution in [-0.4, -0.2) is 23.4 Å². The number of hydrogen-bond acceptors (Lipinski definition) is 6. The topological polar surface area (TPSA) is 108 Å². The van der Waals surface area contributed by atoms with Gasteiger partial charge in [-0.25, -0.2) is 0 Å². The van der Waals surface area contributed by atoms with Crippen LogP contribution in [0.5, 0.6) is 11.5 Å². The number of anilines is 1. The van der Waals surface area contributed by atoms with Crippen LogP contribution in [0.3, 0.4) is 0 Å². The summed E-state index contributed by atoms with van der Waals surface area (Å²) in [6.07, 6.45) is 3.92. The molecule has 0 atom stereocenters. The zero-order chi connectivity index (χ0) is 19.2. The molecule has 0 aromatic heterocycles. The Morgan fingerprint density at radius 1 is 1.15 bits per heavy atom. The van der Waals surface area contributed by atoms with E-state index in [1.54, 1.807) is 6.07 Å². The summed E-state index contributed by atoms with van der Waals surface area (Å²) in [5, 5.41) is 13.6. The minimum atomic E-state index is -0.564. The van der Waals surface area contributed by atoms with Crippen LogP contribution in [0.1, 0.15) is 36.0 Å². The first-order valence-electron chi connectivity index (χ1n) is 8.54. The van der Waals surface area contributed by atoms with Crippen molar-refractivity contribution in [2.24, 2.45) is 0 Å². The molecule has 140 valence electrons. The number of para-hydroxylation sites is 2. The van der Waals surface area contributed by atoms with Crippen molar-refractivity contribution < 1.29 is 24.0 Å². The van der Waals surface area contributed by atoms with Gasteiger partial charge in [-0.05, 0) is 49.9 Å². The molecule has 0 aliphatic heterocycles. The van der Waals surface area contributed by atoms with Crippen LogP contribution >= 0.6 is 0 Å². The van der Waals surface area contributed by atoms with Gasteiger partial charge in [-0.3, -0.25) is 19.7 Å². The molecule has 1 saturated carbocycles. The number of nitro groups is 1. The van der Waals surface area contributed by atoms with Crippen LogP contribution in [-0.2, 0) is 4.79 Å². The maximum atomic E-state index is 12.5. The monoisotopic (exact) mass is 370 g/mol. The molecule has 2 aromatic carbocycles. The second-order valence-corrected chi connectivity index (χ2v) is 6.13. The van der Waals surface area contributed by atoms with E-state index < -0.39 is 10.8 Å². The maximum absolute atomic E-state index is 12.5. The highest BCUT2D eigenvalue weighted by Gasteiger charge is 2.21. The second kappa shape index (κ2) is 8.31. The lowest BCUT2D eigenvalue weighted by atomic mass is 10.1. The molecule has 0 spiro atoms. The molecule has 0 unspecified atom stereocenters. The predicted molar refractivity (Wildman–Crippen MR) is 97.1 cm³/mol. The Morgan fingerprint density at radius 3 is 2.59 bits per heavy atom. The van der Waals surface area contributed by atoms with Gasteiger partial charge in [0.1, 0.15) is 5.69 Å². The van der Waals surface area contributed by atoms with E-state index in [4.69, 9.17) is 9.47 Å². The van der Waals surface area contributed by atoms with Gasteiger partial charge in [0.05, 0.1) is 11.0 Å². The quantitative estimate of drug-likeness (QED) is 0.452. The number of benzene rings is 2. The Morgan fingerprint density at radius 2 is 1.89 bits per heavy atom. The summed E-state index contributed by atoms with van der Waals surface area (Å²) in [6.45, 7) is 0.296. The van der Waals surface area contributed by atoms with Gasteiger partial charge in [0, 0.05) is 11.6 Å². The van der Waals surface area contributed by atoms with Crippen molar-refractivity contribution >= 4 is 23.8 Å². The minimum absolute atomic E-state index is 0.00697. The fraction of sp³-hybridized carbons (Fsp3) is 0.263. The summed E-state index contributed by atoms with van der Waals surface area (Å²) in [6, 6.07) is 10.3. The van der Waals surface area contributed by atoms with E-state index in [0.717, 1.165) is 25.7 Å². The molecule has 1 N–H and O–H groups in total. The molecule has 27 heavy (non-hydrogen) atoms. The third-order valence-corrected chi connectivity index (χ3v) is 4.33. The normalized spacial score (nSPS) is 13.8. The highest BCUT2D eigenvalue weighted by Crippen LogP contribution is 2.33. The average molecular weight is 370 g/mol. The van der Waals surface area contributed by atoms with Gasteiger partial charge in [0.25, 0.3) is 18.1 Å². The molecular weight excluding hydrogens is 352 g/mol. The van der Waals surface area contributed by atoms with Crippen molar-refractivity contribution in [3.05, 3.63) is 58.1 Å². The van der Waals surface area contributed by atoms with Crippen LogP contribution in [0.15, 0.2) is 42.5 Å². The largest absolute Gasteiger partial charge is 0.486 e. The molecule has 1 amide bonds. The number of ether oxygens (including phenoxy) is 2. The van der Waals surface area contributed by atoms with Crippen LogP contribution in [0.25, 0.3) is 0 Å². The number of nitro benzene ring substituents is 1. The number of hydrogen-bond donors (Lipinski definition) is 1. The summed E-state index contributed by atoms with van der Waals surface area (Å²) in [7, 11) is 0. The highest BCUT2D eigenvalue weighted by molar-refractivity contribution is 6.05. The van der Waals surface area contributed by atoms with Gasteiger partial charge in [0.15, 0.2) is 11.5 Å². The molecule has 2 aromatic rings. The van der Waals surface area contributed by atoms with E-state index in [-0.39, 0.29) is 28.8 Å². The average Bonchev–Trinajstić information content (AvgIpc) is 3.16. The van der Waals surface area contributed by atoms with E-state index in [9.17, 15) is 19.7 Å². The lowest BCUT2D eigenvalue weighted by molar-refractivity contribution is -0.383. The molecule has 3 rings (SSSR count). The second-order valence-electron chi connectivity index (χ2n) is 6.13. The van der Waals surface area contributed by atoms with Crippen LogP contribution in [0, 0.1) is 10.1 Å². The zero-order valence-corrected chi connectivity index (χ0v) is 14.4. The molecule has 1 aliphatic carbocycles. The lowest BCUT2D eigenvalue weighted by Gasteiger charge is -2.16. The summed E-state index contributed by atoms with van der Waals surface area (Å²) < 4.78 is 10.8. The molecule has 1 fully saturated rings. The predicted octanol–water partition coefficient (Wildman–Crippen LogP) is 3.70. The molecule has 0 heterocycles. The number of rotatable bonds is 7. The van der Waals surface area contributed by atoms with E-state index in [0.29, 0.717) is 12.2 Å². The van der Waals surface area contributed by atoms with Gasteiger partial charge < -0.3 is 14.8 Å². The van der Waals surface area contributed by atoms with Crippen LogP contribution in [0.4, 0.5) is 11.4 Å². The Balaban J connectivity index is 1.84. The number of nitrogens with one attached hydrogen (secondary N) is 1. The van der Waals surface area contributed by atoms with Gasteiger partial charge >= 0.3 is 0 Å². The van der Waals surface area contributed by atoms with Gasteiger partial charge in [-0.1, -0.05) is 12.1 Å². The van der Waals surface area contributed by atoms with Crippen molar-refractivity contribution in [2.75, 3.05) is 5.32 Å². The first kappa shape index (κ1) is 18.4. The van der Waals surface area contributed by atoms with Gasteiger partial charge in [-0.15, -0.1) is 0 Å². The molecule has 8 heteroatoms. The lowest BCUT2D eigenvalue weighted by Crippen LogP contribution is -2.15. The fourth-order valence-electron chi connectivity index (χ4n) is 3.01. The van der Waals surface area contributed by atoms with Crippen molar-refractivity contribution in [1.29, 1.82) is 0 Å². The first-order chi connectivity index (χ1) is 13.1. The molecule has 1 aliphatic rings. The first-order valence-corrected chi connectivity index (χ1v) is 8.54. The number of nitrogens with zero attached hydrogens (tertiary/aromatic N) is 1. The smallest absolute Gasteiger partial charge is 0.298 e. The standard InChI is InChI=1S/C19H18N2O6/c22-12-26-17-10-9-13(11-18(17)27-14-5-1-2-6-14)19(23)20-15-7-3-4-8-16(15)21(24)25/h3-4,7-12,14H,1-2,5-6H2,(H,20,23). The molecule has 0 radical (unpaired) electrons. The summed E-state index contributed by atoms with van der Waals surface area (Å²) in [4.78, 5) is 33.8. The summed E-state index contributed by atoms with van der Waals surface area (Å²) >= 11 is 0. The van der Waals surface area contributed by atoms with Gasteiger partial charge in [-0.2, -0.15) is 0 Å². The fourth-order valence-corrected chi connectivity index (χ4v) is 3.01. The van der Waals surface area contributed by atoms with Gasteiger partial charge in [0.2, 0.25) is 0 Å². The Hall–Kier alpha value is -3.42. The SMILES string of the molecule is O=COc1ccc(C(=O)Nc2ccccc2[N+](=O)[O-])cc1OC1CCCC1. The van der Waals surface area contributed by atoms with Crippen molar-refractivity contribution in [3.63, 3.8) is 0 Å². The Kier molecular flexibility index (Phi) is 5.65. The number of carbonyl (C=O) groups excluding carboxylic acids is 2. The maximum Gasteiger partial charge on any atom is 0.298 e. The Labute approximate surface area is 155 Å². The van der Waals surface area contributed by atoms with E-state index in [1.165, 1.54) is 36.4 Å². The zero-order valence-electron chi connectivity index (χ0n) is 14.4. The third kappa shape index (κ3) is 4.41. The number of carbonyl (C=O) groups is 2. The van der Waals surface area contributed by atoms with E-state index in [1.807, 2.05) is 0 Å². The minimum Gasteiger partial charge on any atom is -0.486 e. The number of amides is 1. The summed E-state index contributed by atoms with van der Waals surface area (Å²) in [5.74, 6) is -0.0124. The third-order valence-electron chi connectivity index (χ3n) is 4.33. The molecule has 0 saturated heterocycles. The summed E-state index contributed by atoms with van der Waals surface area (Å²) in [5.41, 5.74) is 0.132. The molecule has 8 nitrogen and oxygen atoms in total. The molecular formula is C19H18N2O6. The molecule has 0 bridgehead atoms. The Bertz CT molecular complexity index is 861. The van der Waals surface area contributed by atoms with E-state index in [2.05, 4.69) is 5.32 Å². The van der Waals surface area contributed by atoms with Crippen LogP contribution < -0.4 is 14.8 Å². The van der Waals surface area contributed by atoms with Crippen molar-refractivity contribution in [3.8, 4) is 11.5 Å². The van der Waals surface area contributed by atoms with Crippen LogP contribution in [0.2, 0.25) is 0 Å². The van der Waals surface area contributed by atoms with E-state index >= 15 is 0 Å². The highest BCUT2D eigenvalue weighted by atomic mass is 16.6. The van der Waals surface area contributed by atoms with Crippen molar-refractivity contribution in [1.82, 2.24) is 0 Å². The van der Waals surface area contributed by atoms with Crippen molar-refractivity contribution in [2.45, 2.75) is 31.8 Å².